The number of hydrogen-bond acceptors (Lipinski definition) is 3. The molecule has 2 aromatic heterocycles. The SMILES string of the molecule is Cn1ccnc1.Cn1cncn1. The number of aryl methyl sites for hydroxylation is 2. The van der Waals surface area contributed by atoms with Crippen molar-refractivity contribution in [2.75, 3.05) is 0 Å². The average molecular weight is 165 g/mol. The second kappa shape index (κ2) is 4.27. The van der Waals surface area contributed by atoms with Gasteiger partial charge in [0.2, 0.25) is 0 Å². The van der Waals surface area contributed by atoms with E-state index in [1.54, 1.807) is 23.5 Å². The predicted molar refractivity (Wildman–Crippen MR) is 44.2 cm³/mol. The van der Waals surface area contributed by atoms with Gasteiger partial charge < -0.3 is 4.57 Å². The first-order valence-corrected chi connectivity index (χ1v) is 3.49. The summed E-state index contributed by atoms with van der Waals surface area (Å²) in [6.07, 6.45) is 8.53. The van der Waals surface area contributed by atoms with Crippen LogP contribution in [0.2, 0.25) is 0 Å². The van der Waals surface area contributed by atoms with E-state index in [-0.39, 0.29) is 0 Å². The lowest BCUT2D eigenvalue weighted by Crippen LogP contribution is -1.83. The maximum atomic E-state index is 3.78. The molecule has 2 heterocycles. The summed E-state index contributed by atoms with van der Waals surface area (Å²) in [7, 11) is 3.76. The van der Waals surface area contributed by atoms with Gasteiger partial charge in [0.15, 0.2) is 0 Å². The van der Waals surface area contributed by atoms with Crippen molar-refractivity contribution in [3.05, 3.63) is 31.4 Å². The predicted octanol–water partition coefficient (Wildman–Crippen LogP) is 0.235. The van der Waals surface area contributed by atoms with Gasteiger partial charge in [0.25, 0.3) is 0 Å². The smallest absolute Gasteiger partial charge is 0.137 e. The summed E-state index contributed by atoms with van der Waals surface area (Å²) in [6, 6.07) is 0. The molecule has 0 bridgehead atoms. The van der Waals surface area contributed by atoms with Gasteiger partial charge >= 0.3 is 0 Å². The van der Waals surface area contributed by atoms with Crippen molar-refractivity contribution >= 4 is 0 Å². The van der Waals surface area contributed by atoms with Crippen LogP contribution in [-0.2, 0) is 14.1 Å². The molecule has 0 N–H and O–H groups in total. The van der Waals surface area contributed by atoms with Gasteiger partial charge in [-0.2, -0.15) is 5.10 Å². The summed E-state index contributed by atoms with van der Waals surface area (Å²) in [5.41, 5.74) is 0. The molecule has 0 saturated heterocycles. The highest BCUT2D eigenvalue weighted by molar-refractivity contribution is 4.70. The number of rotatable bonds is 0. The zero-order valence-electron chi connectivity index (χ0n) is 7.12. The summed E-state index contributed by atoms with van der Waals surface area (Å²) in [4.78, 5) is 7.46. The summed E-state index contributed by atoms with van der Waals surface area (Å²) in [5, 5.41) is 3.72. The van der Waals surface area contributed by atoms with Gasteiger partial charge in [-0.15, -0.1) is 0 Å². The molecule has 0 amide bonds. The molecule has 0 saturated carbocycles. The molecule has 0 spiro atoms. The van der Waals surface area contributed by atoms with Gasteiger partial charge in [0, 0.05) is 26.5 Å². The lowest BCUT2D eigenvalue weighted by molar-refractivity contribution is 0.765. The Morgan fingerprint density at radius 3 is 2.08 bits per heavy atom. The van der Waals surface area contributed by atoms with E-state index in [2.05, 4.69) is 15.1 Å². The normalized spacial score (nSPS) is 8.83. The van der Waals surface area contributed by atoms with Crippen LogP contribution in [-0.4, -0.2) is 24.3 Å². The molecule has 0 unspecified atom stereocenters. The standard InChI is InChI=1S/C4H6N2.C3H5N3/c1-6-3-2-5-4-6;1-6-3-4-2-5-6/h2-4H,1H3;2-3H,1H3. The van der Waals surface area contributed by atoms with E-state index < -0.39 is 0 Å². The largest absolute Gasteiger partial charge is 0.341 e. The zero-order chi connectivity index (χ0) is 8.81. The second-order valence-corrected chi connectivity index (χ2v) is 2.30. The van der Waals surface area contributed by atoms with E-state index in [9.17, 15) is 0 Å². The number of imidazole rings is 1. The Labute approximate surface area is 70.7 Å². The minimum absolute atomic E-state index is 1.50. The Balaban J connectivity index is 0.000000120. The van der Waals surface area contributed by atoms with E-state index in [0.29, 0.717) is 0 Å². The van der Waals surface area contributed by atoms with E-state index >= 15 is 0 Å². The third-order valence-corrected chi connectivity index (χ3v) is 1.17. The highest BCUT2D eigenvalue weighted by Crippen LogP contribution is 1.73. The molecule has 0 atom stereocenters. The van der Waals surface area contributed by atoms with E-state index in [1.165, 1.54) is 6.33 Å². The van der Waals surface area contributed by atoms with Crippen molar-refractivity contribution in [2.24, 2.45) is 14.1 Å². The molecular formula is C7H11N5. The summed E-state index contributed by atoms with van der Waals surface area (Å²) in [5.74, 6) is 0. The van der Waals surface area contributed by atoms with Gasteiger partial charge in [-0.1, -0.05) is 0 Å². The molecule has 0 fully saturated rings. The summed E-state index contributed by atoms with van der Waals surface area (Å²) in [6.45, 7) is 0. The molecule has 0 radical (unpaired) electrons. The number of hydrogen-bond donors (Lipinski definition) is 0. The maximum Gasteiger partial charge on any atom is 0.137 e. The first-order chi connectivity index (χ1) is 5.79. The quantitative estimate of drug-likeness (QED) is 0.561. The number of nitrogens with zero attached hydrogens (tertiary/aromatic N) is 5. The third kappa shape index (κ3) is 2.96. The molecule has 5 heteroatoms. The second-order valence-electron chi connectivity index (χ2n) is 2.30. The molecule has 0 aliphatic heterocycles. The molecule has 12 heavy (non-hydrogen) atoms. The highest BCUT2D eigenvalue weighted by Gasteiger charge is 1.70. The van der Waals surface area contributed by atoms with Crippen LogP contribution >= 0.6 is 0 Å². The van der Waals surface area contributed by atoms with E-state index in [4.69, 9.17) is 0 Å². The third-order valence-electron chi connectivity index (χ3n) is 1.17. The molecule has 0 aromatic carbocycles. The van der Waals surface area contributed by atoms with Crippen LogP contribution < -0.4 is 0 Å². The van der Waals surface area contributed by atoms with Crippen molar-refractivity contribution in [3.8, 4) is 0 Å². The van der Waals surface area contributed by atoms with Gasteiger partial charge in [0.1, 0.15) is 12.7 Å². The van der Waals surface area contributed by atoms with Crippen LogP contribution in [0.3, 0.4) is 0 Å². The van der Waals surface area contributed by atoms with Gasteiger partial charge in [-0.05, 0) is 0 Å². The first-order valence-electron chi connectivity index (χ1n) is 3.49. The monoisotopic (exact) mass is 165 g/mol. The Bertz CT molecular complexity index is 251. The van der Waals surface area contributed by atoms with Crippen LogP contribution in [0.25, 0.3) is 0 Å². The zero-order valence-corrected chi connectivity index (χ0v) is 7.12. The lowest BCUT2D eigenvalue weighted by Gasteiger charge is -1.76. The molecule has 2 rings (SSSR count). The summed E-state index contributed by atoms with van der Waals surface area (Å²) < 4.78 is 3.53. The van der Waals surface area contributed by atoms with Crippen molar-refractivity contribution in [1.82, 2.24) is 24.3 Å². The molecule has 5 nitrogen and oxygen atoms in total. The van der Waals surface area contributed by atoms with Crippen molar-refractivity contribution in [1.29, 1.82) is 0 Å². The van der Waals surface area contributed by atoms with Gasteiger partial charge in [-0.3, -0.25) is 4.68 Å². The van der Waals surface area contributed by atoms with E-state index in [1.807, 2.05) is 24.9 Å². The molecule has 0 aliphatic carbocycles. The molecule has 0 aliphatic rings. The number of aromatic nitrogens is 5. The Kier molecular flexibility index (Phi) is 3.01. The lowest BCUT2D eigenvalue weighted by atomic mass is 10.9. The van der Waals surface area contributed by atoms with Crippen LogP contribution in [0.15, 0.2) is 31.4 Å². The summed E-state index contributed by atoms with van der Waals surface area (Å²) >= 11 is 0. The van der Waals surface area contributed by atoms with Crippen molar-refractivity contribution in [2.45, 2.75) is 0 Å². The molecule has 64 valence electrons. The first kappa shape index (κ1) is 8.45. The topological polar surface area (TPSA) is 48.5 Å². The molecular weight excluding hydrogens is 154 g/mol. The van der Waals surface area contributed by atoms with Crippen molar-refractivity contribution in [3.63, 3.8) is 0 Å². The fraction of sp³-hybridized carbons (Fsp3) is 0.286. The van der Waals surface area contributed by atoms with E-state index in [0.717, 1.165) is 0 Å². The Hall–Kier alpha value is -1.65. The van der Waals surface area contributed by atoms with Gasteiger partial charge in [-0.25, -0.2) is 9.97 Å². The van der Waals surface area contributed by atoms with Crippen LogP contribution in [0.5, 0.6) is 0 Å². The Morgan fingerprint density at radius 1 is 1.08 bits per heavy atom. The van der Waals surface area contributed by atoms with Crippen molar-refractivity contribution < 1.29 is 0 Å². The van der Waals surface area contributed by atoms with Gasteiger partial charge in [0.05, 0.1) is 6.33 Å². The minimum Gasteiger partial charge on any atom is -0.341 e. The minimum atomic E-state index is 1.50. The Morgan fingerprint density at radius 2 is 1.92 bits per heavy atom. The van der Waals surface area contributed by atoms with Crippen LogP contribution in [0, 0.1) is 0 Å². The highest BCUT2D eigenvalue weighted by atomic mass is 15.3. The van der Waals surface area contributed by atoms with Crippen LogP contribution in [0.1, 0.15) is 0 Å². The fourth-order valence-corrected chi connectivity index (χ4v) is 0.593. The molecule has 2 aromatic rings. The van der Waals surface area contributed by atoms with Crippen LogP contribution in [0.4, 0.5) is 0 Å². The average Bonchev–Trinajstić information content (AvgIpc) is 2.63. The fourth-order valence-electron chi connectivity index (χ4n) is 0.593. The maximum absolute atomic E-state index is 3.78.